The maximum Gasteiger partial charge on any atom is 0.472 e. The minimum atomic E-state index is -4.39. The van der Waals surface area contributed by atoms with E-state index in [0.29, 0.717) is 23.9 Å². The third-order valence-electron chi connectivity index (χ3n) is 15.8. The summed E-state index contributed by atoms with van der Waals surface area (Å²) in [6, 6.07) is 0. The van der Waals surface area contributed by atoms with E-state index in [0.717, 1.165) is 64.2 Å². The van der Waals surface area contributed by atoms with Gasteiger partial charge in [-0.05, 0) is 70.6 Å². The number of hydrogen-bond donors (Lipinski definition) is 1. The van der Waals surface area contributed by atoms with Gasteiger partial charge in [0.1, 0.15) is 19.8 Å². The fraction of sp³-hybridized carbons (Fsp3) is 0.861. The highest BCUT2D eigenvalue weighted by molar-refractivity contribution is 7.47. The Morgan fingerprint density at radius 3 is 1.05 bits per heavy atom. The molecule has 0 saturated carbocycles. The second kappa shape index (κ2) is 63.5. The predicted molar refractivity (Wildman–Crippen MR) is 353 cm³/mol. The number of phosphoric acid groups is 1. The van der Waals surface area contributed by atoms with Crippen molar-refractivity contribution in [3.8, 4) is 0 Å². The van der Waals surface area contributed by atoms with E-state index in [1.54, 1.807) is 0 Å². The molecule has 0 aliphatic heterocycles. The van der Waals surface area contributed by atoms with Gasteiger partial charge in [-0.25, -0.2) is 4.57 Å². The molecule has 2 atom stereocenters. The van der Waals surface area contributed by atoms with Gasteiger partial charge < -0.3 is 18.9 Å². The average Bonchev–Trinajstić information content (AvgIpc) is 3.46. The number of hydrogen-bond acceptors (Lipinski definition) is 7. The molecular formula is C72H137NO8P+. The van der Waals surface area contributed by atoms with Gasteiger partial charge in [-0.15, -0.1) is 0 Å². The van der Waals surface area contributed by atoms with Gasteiger partial charge in [0.05, 0.1) is 27.7 Å². The fourth-order valence-corrected chi connectivity index (χ4v) is 11.2. The van der Waals surface area contributed by atoms with E-state index >= 15 is 0 Å². The molecule has 0 fully saturated rings. The summed E-state index contributed by atoms with van der Waals surface area (Å²) < 4.78 is 34.6. The summed E-state index contributed by atoms with van der Waals surface area (Å²) in [6.45, 7) is 4.35. The van der Waals surface area contributed by atoms with Gasteiger partial charge in [0, 0.05) is 12.8 Å². The van der Waals surface area contributed by atoms with Crippen molar-refractivity contribution >= 4 is 19.8 Å². The highest BCUT2D eigenvalue weighted by Gasteiger charge is 2.27. The van der Waals surface area contributed by atoms with Crippen LogP contribution in [0, 0.1) is 0 Å². The summed E-state index contributed by atoms with van der Waals surface area (Å²) in [5, 5.41) is 0. The Kier molecular flexibility index (Phi) is 61.9. The van der Waals surface area contributed by atoms with Crippen LogP contribution in [0.1, 0.15) is 348 Å². The average molecular weight is 1180 g/mol. The first-order chi connectivity index (χ1) is 40.0. The van der Waals surface area contributed by atoms with Crippen LogP contribution in [0.2, 0.25) is 0 Å². The molecule has 0 saturated heterocycles. The summed E-state index contributed by atoms with van der Waals surface area (Å²) in [5.74, 6) is -0.795. The summed E-state index contributed by atoms with van der Waals surface area (Å²) in [6.07, 6.45) is 82.5. The quantitative estimate of drug-likeness (QED) is 0.0211. The first-order valence-electron chi connectivity index (χ1n) is 35.4. The van der Waals surface area contributed by atoms with Gasteiger partial charge in [0.15, 0.2) is 6.10 Å². The molecule has 0 bridgehead atoms. The van der Waals surface area contributed by atoms with Crippen LogP contribution < -0.4 is 0 Å². The third kappa shape index (κ3) is 67.1. The molecule has 0 amide bonds. The highest BCUT2D eigenvalue weighted by Crippen LogP contribution is 2.43. The van der Waals surface area contributed by atoms with E-state index < -0.39 is 26.5 Å². The molecule has 0 aromatic carbocycles. The number of carbonyl (C=O) groups is 2. The number of nitrogens with zero attached hydrogens (tertiary/aromatic N) is 1. The maximum absolute atomic E-state index is 12.8. The Balaban J connectivity index is 3.84. The third-order valence-corrected chi connectivity index (χ3v) is 16.8. The molecule has 0 spiro atoms. The molecule has 0 radical (unpaired) electrons. The Morgan fingerprint density at radius 1 is 0.390 bits per heavy atom. The van der Waals surface area contributed by atoms with Crippen LogP contribution in [0.5, 0.6) is 0 Å². The van der Waals surface area contributed by atoms with Crippen molar-refractivity contribution in [3.05, 3.63) is 48.6 Å². The zero-order valence-corrected chi connectivity index (χ0v) is 55.9. The van der Waals surface area contributed by atoms with Crippen molar-refractivity contribution in [3.63, 3.8) is 0 Å². The molecule has 482 valence electrons. The Morgan fingerprint density at radius 2 is 0.695 bits per heavy atom. The van der Waals surface area contributed by atoms with Gasteiger partial charge in [0.25, 0.3) is 0 Å². The second-order valence-corrected chi connectivity index (χ2v) is 26.7. The van der Waals surface area contributed by atoms with Crippen LogP contribution in [0.25, 0.3) is 0 Å². The van der Waals surface area contributed by atoms with Gasteiger partial charge in [-0.2, -0.15) is 0 Å². The maximum atomic E-state index is 12.8. The summed E-state index contributed by atoms with van der Waals surface area (Å²) >= 11 is 0. The Bertz CT molecular complexity index is 1520. The SMILES string of the molecule is CC/C=C\C/C=C\C/C=C\CCCCCCCCCC(=O)OC(COC(=O)CCCCCCCCCCCCCCCCCCCCCCCCCCCCCCC/C=C\CCCCCCCCCC)COP(=O)(O)OCC[N+](C)(C)C. The molecule has 0 rings (SSSR count). The van der Waals surface area contributed by atoms with Gasteiger partial charge in [-0.1, -0.05) is 313 Å². The molecular weight excluding hydrogens is 1040 g/mol. The number of rotatable bonds is 66. The van der Waals surface area contributed by atoms with Crippen molar-refractivity contribution in [1.82, 2.24) is 0 Å². The number of allylic oxidation sites excluding steroid dienone is 8. The molecule has 10 heteroatoms. The van der Waals surface area contributed by atoms with Crippen molar-refractivity contribution in [2.75, 3.05) is 47.5 Å². The lowest BCUT2D eigenvalue weighted by Gasteiger charge is -2.24. The van der Waals surface area contributed by atoms with Crippen LogP contribution in [-0.2, 0) is 32.7 Å². The Labute approximate surface area is 509 Å². The van der Waals surface area contributed by atoms with Crippen LogP contribution >= 0.6 is 7.82 Å². The van der Waals surface area contributed by atoms with Crippen molar-refractivity contribution in [2.24, 2.45) is 0 Å². The first-order valence-corrected chi connectivity index (χ1v) is 36.9. The lowest BCUT2D eigenvalue weighted by atomic mass is 10.0. The van der Waals surface area contributed by atoms with Crippen LogP contribution in [-0.4, -0.2) is 74.9 Å². The molecule has 1 N–H and O–H groups in total. The fourth-order valence-electron chi connectivity index (χ4n) is 10.4. The molecule has 0 aliphatic carbocycles. The molecule has 9 nitrogen and oxygen atoms in total. The van der Waals surface area contributed by atoms with E-state index in [2.05, 4.69) is 62.5 Å². The molecule has 2 unspecified atom stereocenters. The monoisotopic (exact) mass is 1180 g/mol. The largest absolute Gasteiger partial charge is 0.472 e. The van der Waals surface area contributed by atoms with Gasteiger partial charge >= 0.3 is 19.8 Å². The molecule has 0 aromatic rings. The van der Waals surface area contributed by atoms with Crippen LogP contribution in [0.4, 0.5) is 0 Å². The normalized spacial score (nSPS) is 13.4. The summed E-state index contributed by atoms with van der Waals surface area (Å²) in [4.78, 5) is 35.8. The minimum absolute atomic E-state index is 0.0302. The number of quaternary nitrogens is 1. The number of carbonyl (C=O) groups excluding carboxylic acids is 2. The number of unbranched alkanes of at least 4 members (excludes halogenated alkanes) is 44. The van der Waals surface area contributed by atoms with E-state index in [1.807, 2.05) is 21.1 Å². The molecule has 0 heterocycles. The van der Waals surface area contributed by atoms with Crippen molar-refractivity contribution in [2.45, 2.75) is 354 Å². The molecule has 0 aromatic heterocycles. The number of ether oxygens (including phenoxy) is 2. The predicted octanol–water partition coefficient (Wildman–Crippen LogP) is 22.8. The summed E-state index contributed by atoms with van der Waals surface area (Å²) in [5.41, 5.74) is 0. The van der Waals surface area contributed by atoms with Crippen molar-refractivity contribution < 1.29 is 42.1 Å². The minimum Gasteiger partial charge on any atom is -0.462 e. The molecule has 0 aliphatic rings. The lowest BCUT2D eigenvalue weighted by Crippen LogP contribution is -2.37. The second-order valence-electron chi connectivity index (χ2n) is 25.2. The number of likely N-dealkylation sites (N-methyl/N-ethyl adjacent to an activating group) is 1. The van der Waals surface area contributed by atoms with Crippen LogP contribution in [0.15, 0.2) is 48.6 Å². The number of esters is 2. The van der Waals surface area contributed by atoms with E-state index in [9.17, 15) is 19.0 Å². The van der Waals surface area contributed by atoms with E-state index in [-0.39, 0.29) is 25.6 Å². The van der Waals surface area contributed by atoms with Gasteiger partial charge in [0.2, 0.25) is 0 Å². The topological polar surface area (TPSA) is 108 Å². The first kappa shape index (κ1) is 80.0. The summed E-state index contributed by atoms with van der Waals surface area (Å²) in [7, 11) is 1.48. The standard InChI is InChI=1S/C72H136NO8P/c1-6-8-10-12-14-16-18-20-22-24-25-26-27-28-29-30-31-32-33-34-35-36-37-38-39-40-41-42-43-44-45-46-47-49-50-52-54-56-58-60-62-64-71(74)78-68-70(69-80-82(76,77)79-67-66-73(3,4)5)81-72(75)65-63-61-59-57-55-53-51-48-23-21-19-17-15-13-11-9-7-2/h9,11,15,17,21,23-25,70H,6-8,10,12-14,16,18-20,22,26-69H2,1-5H3/p+1/b11-9-,17-15-,23-21-,25-24-. The zero-order valence-electron chi connectivity index (χ0n) is 55.0. The highest BCUT2D eigenvalue weighted by atomic mass is 31.2. The van der Waals surface area contributed by atoms with E-state index in [4.69, 9.17) is 18.5 Å². The number of phosphoric ester groups is 1. The zero-order chi connectivity index (χ0) is 59.8. The van der Waals surface area contributed by atoms with Gasteiger partial charge in [-0.3, -0.25) is 18.6 Å². The Hall–Kier alpha value is -2.03. The van der Waals surface area contributed by atoms with E-state index in [1.165, 1.54) is 250 Å². The lowest BCUT2D eigenvalue weighted by molar-refractivity contribution is -0.870. The molecule has 82 heavy (non-hydrogen) atoms. The van der Waals surface area contributed by atoms with Crippen molar-refractivity contribution in [1.29, 1.82) is 0 Å². The smallest absolute Gasteiger partial charge is 0.462 e. The van der Waals surface area contributed by atoms with Crippen LogP contribution in [0.3, 0.4) is 0 Å².